The lowest BCUT2D eigenvalue weighted by molar-refractivity contribution is 0.116. The minimum Gasteiger partial charge on any atom is -0.401 e. The van der Waals surface area contributed by atoms with Gasteiger partial charge < -0.3 is 4.43 Å². The first-order valence-electron chi connectivity index (χ1n) is 19.1. The lowest BCUT2D eigenvalue weighted by Crippen LogP contribution is -2.45. The molecule has 56 heavy (non-hydrogen) atoms. The molecule has 0 unspecified atom stereocenters. The first kappa shape index (κ1) is 38.2. The molecule has 0 heterocycles. The van der Waals surface area contributed by atoms with Crippen LogP contribution in [0.15, 0.2) is 164 Å². The molecule has 8 heteroatoms. The van der Waals surface area contributed by atoms with Crippen LogP contribution in [0.25, 0.3) is 22.3 Å². The van der Waals surface area contributed by atoms with Gasteiger partial charge in [-0.3, -0.25) is 13.6 Å². The zero-order chi connectivity index (χ0) is 38.7. The summed E-state index contributed by atoms with van der Waals surface area (Å²) in [7, 11) is -5.99. The minimum atomic E-state index is -4.23. The van der Waals surface area contributed by atoms with Crippen LogP contribution in [0.2, 0.25) is 0 Å². The van der Waals surface area contributed by atoms with E-state index >= 15 is 4.39 Å². The quantitative estimate of drug-likeness (QED) is 0.0814. The molecule has 0 aliphatic heterocycles. The van der Waals surface area contributed by atoms with E-state index in [4.69, 9.17) is 18.0 Å². The van der Waals surface area contributed by atoms with Crippen LogP contribution >= 0.6 is 7.82 Å². The van der Waals surface area contributed by atoms with Crippen LogP contribution in [-0.2, 0) is 28.0 Å². The molecule has 2 aliphatic carbocycles. The monoisotopic (exact) mass is 779 g/mol. The fourth-order valence-electron chi connectivity index (χ4n) is 7.79. The second-order valence-corrected chi connectivity index (χ2v) is 19.0. The van der Waals surface area contributed by atoms with Crippen LogP contribution in [0.3, 0.4) is 0 Å². The van der Waals surface area contributed by atoms with E-state index < -0.39 is 22.7 Å². The fraction of sp³-hybridized carbons (Fsp3) is 0.208. The average molecular weight is 780 g/mol. The summed E-state index contributed by atoms with van der Waals surface area (Å²) >= 11 is 0. The SMILES string of the molecule is CC(C)(C)c1ccc([Si](OC/C(F)=C/COP(=O)(OCC2c3ccccc3-c3ccccc32)OCC2c3ccccc3-c3ccccc32)c2ccccc2)cc1. The Morgan fingerprint density at radius 1 is 0.589 bits per heavy atom. The highest BCUT2D eigenvalue weighted by atomic mass is 31.2. The topological polar surface area (TPSA) is 54.0 Å². The molecule has 1 radical (unpaired) electrons. The highest BCUT2D eigenvalue weighted by Crippen LogP contribution is 2.55. The van der Waals surface area contributed by atoms with Crippen molar-refractivity contribution < 1.29 is 27.0 Å². The van der Waals surface area contributed by atoms with E-state index in [0.29, 0.717) is 0 Å². The standard InChI is InChI=1S/C48H45FO5PSi/c1-48(2,3)34-25-27-37(28-26-34)56(36-15-5-4-6-16-36)54-31-35(49)29-30-51-55(50,52-32-46-42-21-11-7-17-38(42)39-18-8-12-22-43(39)46)53-33-47-44-23-13-9-19-40(44)41-20-10-14-24-45(41)47/h4-29,46-47H,30-33H2,1-3H3/b35-29-. The summed E-state index contributed by atoms with van der Waals surface area (Å²) < 4.78 is 55.0. The third-order valence-electron chi connectivity index (χ3n) is 10.7. The molecular weight excluding hydrogens is 735 g/mol. The smallest absolute Gasteiger partial charge is 0.401 e. The Bertz CT molecular complexity index is 2200. The Labute approximate surface area is 331 Å². The van der Waals surface area contributed by atoms with Crippen LogP contribution in [0.1, 0.15) is 60.4 Å². The van der Waals surface area contributed by atoms with Crippen LogP contribution in [0, 0.1) is 0 Å². The van der Waals surface area contributed by atoms with Crippen molar-refractivity contribution in [3.63, 3.8) is 0 Å². The number of halogens is 1. The summed E-state index contributed by atoms with van der Waals surface area (Å²) in [6.07, 6.45) is 1.26. The predicted octanol–water partition coefficient (Wildman–Crippen LogP) is 10.7. The van der Waals surface area contributed by atoms with Crippen molar-refractivity contribution in [1.82, 2.24) is 0 Å². The van der Waals surface area contributed by atoms with Crippen molar-refractivity contribution >= 4 is 27.2 Å². The minimum absolute atomic E-state index is 0.0128. The normalized spacial score (nSPS) is 14.1. The Morgan fingerprint density at radius 3 is 1.45 bits per heavy atom. The van der Waals surface area contributed by atoms with E-state index in [-0.39, 0.29) is 43.7 Å². The van der Waals surface area contributed by atoms with Crippen LogP contribution in [0.4, 0.5) is 4.39 Å². The van der Waals surface area contributed by atoms with E-state index in [1.807, 2.05) is 78.9 Å². The van der Waals surface area contributed by atoms with E-state index in [2.05, 4.69) is 93.6 Å². The van der Waals surface area contributed by atoms with E-state index in [0.717, 1.165) is 54.9 Å². The van der Waals surface area contributed by atoms with Crippen molar-refractivity contribution in [1.29, 1.82) is 0 Å². The molecule has 0 aromatic heterocycles. The molecule has 0 saturated heterocycles. The first-order valence-corrected chi connectivity index (χ1v) is 22.0. The molecule has 8 rings (SSSR count). The number of fused-ring (bicyclic) bond motifs is 6. The van der Waals surface area contributed by atoms with Crippen LogP contribution < -0.4 is 10.4 Å². The van der Waals surface area contributed by atoms with Gasteiger partial charge in [-0.2, -0.15) is 0 Å². The van der Waals surface area contributed by atoms with E-state index in [9.17, 15) is 4.57 Å². The molecule has 0 saturated carbocycles. The zero-order valence-corrected chi connectivity index (χ0v) is 33.8. The summed E-state index contributed by atoms with van der Waals surface area (Å²) in [4.78, 5) is 0. The Morgan fingerprint density at radius 2 is 1.00 bits per heavy atom. The fourth-order valence-corrected chi connectivity index (χ4v) is 10.8. The molecule has 0 fully saturated rings. The van der Waals surface area contributed by atoms with Crippen molar-refractivity contribution in [2.75, 3.05) is 26.4 Å². The molecule has 283 valence electrons. The predicted molar refractivity (Wildman–Crippen MR) is 225 cm³/mol. The highest BCUT2D eigenvalue weighted by Gasteiger charge is 2.36. The van der Waals surface area contributed by atoms with Gasteiger partial charge in [-0.1, -0.05) is 172 Å². The molecule has 6 aromatic rings. The number of hydrogen-bond donors (Lipinski definition) is 0. The van der Waals surface area contributed by atoms with E-state index in [1.165, 1.54) is 11.6 Å². The van der Waals surface area contributed by atoms with Gasteiger partial charge in [0.1, 0.15) is 5.83 Å². The third kappa shape index (κ3) is 8.07. The number of hydrogen-bond acceptors (Lipinski definition) is 5. The van der Waals surface area contributed by atoms with Gasteiger partial charge in [0.2, 0.25) is 0 Å². The van der Waals surface area contributed by atoms with Crippen molar-refractivity contribution in [2.45, 2.75) is 38.0 Å². The molecule has 2 aliphatic rings. The summed E-state index contributed by atoms with van der Waals surface area (Å²) in [5.41, 5.74) is 10.1. The van der Waals surface area contributed by atoms with Gasteiger partial charge >= 0.3 is 7.82 Å². The van der Waals surface area contributed by atoms with Gasteiger partial charge in [0.25, 0.3) is 9.04 Å². The van der Waals surface area contributed by atoms with E-state index in [1.54, 1.807) is 0 Å². The molecule has 5 nitrogen and oxygen atoms in total. The lowest BCUT2D eigenvalue weighted by atomic mass is 9.87. The summed E-state index contributed by atoms with van der Waals surface area (Å²) in [5, 5.41) is 2.04. The Hall–Kier alpha value is -4.72. The Kier molecular flexibility index (Phi) is 11.2. The zero-order valence-electron chi connectivity index (χ0n) is 31.9. The van der Waals surface area contributed by atoms with Crippen molar-refractivity contribution in [3.05, 3.63) is 191 Å². The highest BCUT2D eigenvalue weighted by molar-refractivity contribution is 7.48. The second-order valence-electron chi connectivity index (χ2n) is 15.3. The van der Waals surface area contributed by atoms with Gasteiger partial charge in [0, 0.05) is 11.8 Å². The maximum absolute atomic E-state index is 15.6. The van der Waals surface area contributed by atoms with Crippen molar-refractivity contribution in [3.8, 4) is 22.3 Å². The summed E-state index contributed by atoms with van der Waals surface area (Å²) in [6.45, 7) is 6.08. The second kappa shape index (κ2) is 16.4. The van der Waals surface area contributed by atoms with Gasteiger partial charge in [-0.05, 0) is 71.9 Å². The first-order chi connectivity index (χ1) is 27.2. The summed E-state index contributed by atoms with van der Waals surface area (Å²) in [5.74, 6) is -0.876. The maximum Gasteiger partial charge on any atom is 0.475 e. The molecule has 0 spiro atoms. The van der Waals surface area contributed by atoms with Crippen LogP contribution in [-0.4, -0.2) is 35.5 Å². The van der Waals surface area contributed by atoms with Crippen molar-refractivity contribution in [2.24, 2.45) is 0 Å². The molecule has 0 amide bonds. The van der Waals surface area contributed by atoms with Crippen LogP contribution in [0.5, 0.6) is 0 Å². The number of rotatable bonds is 14. The number of benzene rings is 6. The summed E-state index contributed by atoms with van der Waals surface area (Å²) in [6, 6.07) is 51.1. The number of phosphoric ester groups is 1. The van der Waals surface area contributed by atoms with Gasteiger partial charge in [0.15, 0.2) is 0 Å². The van der Waals surface area contributed by atoms with Gasteiger partial charge in [0.05, 0.1) is 26.4 Å². The maximum atomic E-state index is 15.6. The molecule has 6 aromatic carbocycles. The number of phosphoric acid groups is 1. The van der Waals surface area contributed by atoms with Gasteiger partial charge in [-0.15, -0.1) is 0 Å². The molecule has 0 atom stereocenters. The third-order valence-corrected chi connectivity index (χ3v) is 14.2. The molecule has 0 bridgehead atoms. The largest absolute Gasteiger partial charge is 0.475 e. The molecule has 0 N–H and O–H groups in total. The average Bonchev–Trinajstić information content (AvgIpc) is 3.72. The Balaban J connectivity index is 1.00. The van der Waals surface area contributed by atoms with Gasteiger partial charge in [-0.25, -0.2) is 8.96 Å². The lowest BCUT2D eigenvalue weighted by Gasteiger charge is -2.23. The molecular formula is C48H45FO5PSi.